The van der Waals surface area contributed by atoms with E-state index < -0.39 is 0 Å². The largest absolute Gasteiger partial charge is 0.496 e. The molecule has 0 heterocycles. The van der Waals surface area contributed by atoms with E-state index in [0.717, 1.165) is 18.6 Å². The minimum Gasteiger partial charge on any atom is -0.496 e. The van der Waals surface area contributed by atoms with E-state index in [2.05, 4.69) is 58.0 Å². The maximum absolute atomic E-state index is 6.13. The smallest absolute Gasteiger partial charge is 0.122 e. The fourth-order valence-electron chi connectivity index (χ4n) is 3.66. The number of methoxy groups -OCH3 is 1. The average molecular weight is 311 g/mol. The molecule has 0 aliphatic heterocycles. The van der Waals surface area contributed by atoms with Crippen LogP contribution in [0.25, 0.3) is 0 Å². The zero-order valence-corrected chi connectivity index (χ0v) is 15.1. The van der Waals surface area contributed by atoms with E-state index in [1.807, 2.05) is 0 Å². The van der Waals surface area contributed by atoms with Crippen molar-refractivity contribution in [3.63, 3.8) is 0 Å². The molecule has 2 nitrogen and oxygen atoms in total. The van der Waals surface area contributed by atoms with Gasteiger partial charge < -0.3 is 10.5 Å². The van der Waals surface area contributed by atoms with Gasteiger partial charge in [0.2, 0.25) is 0 Å². The molecule has 0 fully saturated rings. The van der Waals surface area contributed by atoms with Crippen molar-refractivity contribution in [1.29, 1.82) is 0 Å². The number of nitrogens with two attached hydrogens (primary N) is 1. The van der Waals surface area contributed by atoms with Crippen LogP contribution in [0.2, 0.25) is 0 Å². The molecule has 0 aromatic heterocycles. The summed E-state index contributed by atoms with van der Waals surface area (Å²) < 4.78 is 5.43. The molecule has 0 spiro atoms. The molecule has 2 N–H and O–H groups in total. The van der Waals surface area contributed by atoms with Crippen LogP contribution in [0, 0.1) is 20.8 Å². The van der Waals surface area contributed by atoms with Gasteiger partial charge >= 0.3 is 0 Å². The average Bonchev–Trinajstić information content (AvgIpc) is 2.52. The lowest BCUT2D eigenvalue weighted by Gasteiger charge is -2.21. The van der Waals surface area contributed by atoms with Crippen LogP contribution in [0.3, 0.4) is 0 Å². The lowest BCUT2D eigenvalue weighted by molar-refractivity contribution is 0.410. The summed E-state index contributed by atoms with van der Waals surface area (Å²) in [6.45, 7) is 9.37. The van der Waals surface area contributed by atoms with Gasteiger partial charge in [0, 0.05) is 5.92 Å². The second kappa shape index (κ2) is 7.65. The van der Waals surface area contributed by atoms with Gasteiger partial charge in [0.15, 0.2) is 0 Å². The Morgan fingerprint density at radius 2 is 1.70 bits per heavy atom. The van der Waals surface area contributed by atoms with Gasteiger partial charge in [-0.25, -0.2) is 0 Å². The molecule has 1 atom stereocenters. The van der Waals surface area contributed by atoms with Gasteiger partial charge in [-0.05, 0) is 74.0 Å². The van der Waals surface area contributed by atoms with Gasteiger partial charge in [0.1, 0.15) is 5.75 Å². The summed E-state index contributed by atoms with van der Waals surface area (Å²) in [4.78, 5) is 0. The topological polar surface area (TPSA) is 35.2 Å². The van der Waals surface area contributed by atoms with Crippen molar-refractivity contribution in [2.45, 2.75) is 46.5 Å². The summed E-state index contributed by atoms with van der Waals surface area (Å²) in [5, 5.41) is 0. The number of ether oxygens (including phenoxy) is 1. The van der Waals surface area contributed by atoms with Gasteiger partial charge in [0.05, 0.1) is 7.11 Å². The Kier molecular flexibility index (Phi) is 5.84. The number of aryl methyl sites for hydroxylation is 4. The fraction of sp³-hybridized carbons (Fsp3) is 0.429. The molecule has 0 aliphatic rings. The van der Waals surface area contributed by atoms with Gasteiger partial charge in [0.25, 0.3) is 0 Å². The minimum absolute atomic E-state index is 0.355. The molecule has 0 saturated carbocycles. The van der Waals surface area contributed by atoms with Crippen molar-refractivity contribution in [1.82, 2.24) is 0 Å². The molecule has 124 valence electrons. The van der Waals surface area contributed by atoms with E-state index in [9.17, 15) is 0 Å². The zero-order valence-electron chi connectivity index (χ0n) is 15.1. The van der Waals surface area contributed by atoms with Crippen LogP contribution in [0.15, 0.2) is 30.3 Å². The van der Waals surface area contributed by atoms with Crippen LogP contribution in [-0.2, 0) is 12.8 Å². The van der Waals surface area contributed by atoms with Crippen molar-refractivity contribution < 1.29 is 4.74 Å². The minimum atomic E-state index is 0.355. The first-order valence-electron chi connectivity index (χ1n) is 8.43. The van der Waals surface area contributed by atoms with Crippen LogP contribution in [0.1, 0.15) is 46.2 Å². The predicted octanol–water partition coefficient (Wildman–Crippen LogP) is 4.47. The maximum atomic E-state index is 6.13. The van der Waals surface area contributed by atoms with Crippen molar-refractivity contribution in [3.8, 4) is 5.75 Å². The molecular formula is C21H29NO. The molecule has 23 heavy (non-hydrogen) atoms. The van der Waals surface area contributed by atoms with Crippen LogP contribution in [0.5, 0.6) is 5.75 Å². The molecule has 2 heteroatoms. The molecule has 2 rings (SSSR count). The Hall–Kier alpha value is -1.80. The quantitative estimate of drug-likeness (QED) is 0.854. The highest BCUT2D eigenvalue weighted by atomic mass is 16.5. The number of hydrogen-bond donors (Lipinski definition) is 1. The standard InChI is InChI=1S/C21H29NO/c1-6-18-11-17(7-8-20(18)23-5)12-19(13-22)21-15(3)9-14(2)10-16(21)4/h7-11,19H,6,12-13,22H2,1-5H3. The van der Waals surface area contributed by atoms with Crippen molar-refractivity contribution >= 4 is 0 Å². The third-order valence-electron chi connectivity index (χ3n) is 4.64. The van der Waals surface area contributed by atoms with Gasteiger partial charge in [-0.15, -0.1) is 0 Å². The first-order chi connectivity index (χ1) is 11.0. The van der Waals surface area contributed by atoms with E-state index in [1.165, 1.54) is 33.4 Å². The van der Waals surface area contributed by atoms with Gasteiger partial charge in [-0.3, -0.25) is 0 Å². The molecular weight excluding hydrogens is 282 g/mol. The Bertz CT molecular complexity index is 653. The molecule has 0 amide bonds. The molecule has 1 unspecified atom stereocenters. The van der Waals surface area contributed by atoms with Crippen molar-refractivity contribution in [3.05, 3.63) is 63.7 Å². The highest BCUT2D eigenvalue weighted by Gasteiger charge is 2.16. The lowest BCUT2D eigenvalue weighted by atomic mass is 9.85. The Labute approximate surface area is 140 Å². The number of rotatable bonds is 6. The molecule has 0 aliphatic carbocycles. The van der Waals surface area contributed by atoms with Gasteiger partial charge in [-0.1, -0.05) is 36.8 Å². The summed E-state index contributed by atoms with van der Waals surface area (Å²) in [5.74, 6) is 1.33. The van der Waals surface area contributed by atoms with Crippen LogP contribution in [0.4, 0.5) is 0 Å². The maximum Gasteiger partial charge on any atom is 0.122 e. The summed E-state index contributed by atoms with van der Waals surface area (Å²) in [6.07, 6.45) is 1.95. The molecule has 2 aromatic carbocycles. The highest BCUT2D eigenvalue weighted by Crippen LogP contribution is 2.29. The Balaban J connectivity index is 2.33. The fourth-order valence-corrected chi connectivity index (χ4v) is 3.66. The van der Waals surface area contributed by atoms with Crippen LogP contribution >= 0.6 is 0 Å². The number of hydrogen-bond acceptors (Lipinski definition) is 2. The van der Waals surface area contributed by atoms with Crippen molar-refractivity contribution in [2.24, 2.45) is 5.73 Å². The van der Waals surface area contributed by atoms with E-state index in [0.29, 0.717) is 12.5 Å². The van der Waals surface area contributed by atoms with E-state index >= 15 is 0 Å². The van der Waals surface area contributed by atoms with Crippen molar-refractivity contribution in [2.75, 3.05) is 13.7 Å². The Morgan fingerprint density at radius 1 is 1.04 bits per heavy atom. The molecule has 0 radical (unpaired) electrons. The first kappa shape index (κ1) is 17.6. The third kappa shape index (κ3) is 3.94. The highest BCUT2D eigenvalue weighted by molar-refractivity contribution is 5.42. The second-order valence-corrected chi connectivity index (χ2v) is 6.45. The Morgan fingerprint density at radius 3 is 2.22 bits per heavy atom. The lowest BCUT2D eigenvalue weighted by Crippen LogP contribution is -2.17. The summed E-state index contributed by atoms with van der Waals surface area (Å²) >= 11 is 0. The van der Waals surface area contributed by atoms with E-state index in [4.69, 9.17) is 10.5 Å². The van der Waals surface area contributed by atoms with Crippen LogP contribution < -0.4 is 10.5 Å². The summed E-state index contributed by atoms with van der Waals surface area (Å²) in [6, 6.07) is 11.0. The predicted molar refractivity (Wildman–Crippen MR) is 98.5 cm³/mol. The van der Waals surface area contributed by atoms with Gasteiger partial charge in [-0.2, -0.15) is 0 Å². The van der Waals surface area contributed by atoms with Crippen LogP contribution in [-0.4, -0.2) is 13.7 Å². The zero-order chi connectivity index (χ0) is 17.0. The third-order valence-corrected chi connectivity index (χ3v) is 4.64. The summed E-state index contributed by atoms with van der Waals surface area (Å²) in [5.41, 5.74) is 14.1. The monoisotopic (exact) mass is 311 g/mol. The van der Waals surface area contributed by atoms with E-state index in [1.54, 1.807) is 7.11 Å². The first-order valence-corrected chi connectivity index (χ1v) is 8.43. The molecule has 0 saturated heterocycles. The molecule has 2 aromatic rings. The SMILES string of the molecule is CCc1cc(CC(CN)c2c(C)cc(C)cc2C)ccc1OC. The van der Waals surface area contributed by atoms with E-state index in [-0.39, 0.29) is 0 Å². The normalized spacial score (nSPS) is 12.3. The second-order valence-electron chi connectivity index (χ2n) is 6.45. The molecule has 0 bridgehead atoms. The summed E-state index contributed by atoms with van der Waals surface area (Å²) in [7, 11) is 1.73. The number of benzene rings is 2.